The first-order valence-electron chi connectivity index (χ1n) is 7.84. The van der Waals surface area contributed by atoms with E-state index in [1.54, 1.807) is 12.1 Å². The minimum atomic E-state index is -0.552. The van der Waals surface area contributed by atoms with Crippen molar-refractivity contribution >= 4 is 11.8 Å². The van der Waals surface area contributed by atoms with Crippen molar-refractivity contribution in [2.75, 3.05) is 18.5 Å². The zero-order valence-corrected chi connectivity index (χ0v) is 14.2. The largest absolute Gasteiger partial charge is 0.490 e. The molecule has 0 saturated heterocycles. The number of anilines is 1. The van der Waals surface area contributed by atoms with Crippen LogP contribution >= 0.6 is 0 Å². The molecule has 0 bridgehead atoms. The van der Waals surface area contributed by atoms with Crippen LogP contribution in [-0.2, 0) is 4.74 Å². The molecular weight excluding hydrogens is 306 g/mol. The fraction of sp³-hybridized carbons (Fsp3) is 0.316. The summed E-state index contributed by atoms with van der Waals surface area (Å²) in [6, 6.07) is 16.7. The maximum Gasteiger partial charge on any atom is 0.412 e. The predicted octanol–water partition coefficient (Wildman–Crippen LogP) is 4.49. The second kappa shape index (κ2) is 8.24. The zero-order chi connectivity index (χ0) is 17.4. The van der Waals surface area contributed by atoms with E-state index >= 15 is 0 Å². The van der Waals surface area contributed by atoms with Crippen LogP contribution in [0.1, 0.15) is 20.8 Å². The van der Waals surface area contributed by atoms with Gasteiger partial charge in [0.1, 0.15) is 30.3 Å². The van der Waals surface area contributed by atoms with Gasteiger partial charge in [0.15, 0.2) is 0 Å². The van der Waals surface area contributed by atoms with E-state index < -0.39 is 11.7 Å². The van der Waals surface area contributed by atoms with Crippen LogP contribution in [0.5, 0.6) is 11.5 Å². The lowest BCUT2D eigenvalue weighted by atomic mass is 10.2. The summed E-state index contributed by atoms with van der Waals surface area (Å²) in [6.45, 7) is 6.22. The van der Waals surface area contributed by atoms with Gasteiger partial charge in [-0.15, -0.1) is 0 Å². The van der Waals surface area contributed by atoms with Gasteiger partial charge in [0.25, 0.3) is 0 Å². The van der Waals surface area contributed by atoms with Gasteiger partial charge in [-0.2, -0.15) is 0 Å². The highest BCUT2D eigenvalue weighted by Crippen LogP contribution is 2.24. The van der Waals surface area contributed by atoms with Crippen LogP contribution in [0.15, 0.2) is 54.6 Å². The van der Waals surface area contributed by atoms with E-state index in [4.69, 9.17) is 14.2 Å². The van der Waals surface area contributed by atoms with E-state index in [0.717, 1.165) is 5.75 Å². The zero-order valence-electron chi connectivity index (χ0n) is 14.2. The van der Waals surface area contributed by atoms with Gasteiger partial charge in [0.2, 0.25) is 0 Å². The number of carbonyl (C=O) groups excluding carboxylic acids is 1. The maximum atomic E-state index is 11.9. The molecule has 0 unspecified atom stereocenters. The quantitative estimate of drug-likeness (QED) is 0.793. The first-order valence-corrected chi connectivity index (χ1v) is 7.84. The highest BCUT2D eigenvalue weighted by Gasteiger charge is 2.17. The number of ether oxygens (including phenoxy) is 3. The molecule has 0 atom stereocenters. The second-order valence-electron chi connectivity index (χ2n) is 6.13. The van der Waals surface area contributed by atoms with Gasteiger partial charge in [-0.05, 0) is 45.0 Å². The van der Waals surface area contributed by atoms with E-state index in [-0.39, 0.29) is 0 Å². The molecule has 0 aromatic heterocycles. The molecule has 2 rings (SSSR count). The molecule has 0 aliphatic rings. The molecule has 1 N–H and O–H groups in total. The number of hydrogen-bond donors (Lipinski definition) is 1. The Morgan fingerprint density at radius 1 is 0.917 bits per heavy atom. The molecule has 5 nitrogen and oxygen atoms in total. The smallest absolute Gasteiger partial charge is 0.412 e. The van der Waals surface area contributed by atoms with Crippen LogP contribution in [0.2, 0.25) is 0 Å². The second-order valence-corrected chi connectivity index (χ2v) is 6.13. The van der Waals surface area contributed by atoms with Gasteiger partial charge in [-0.1, -0.05) is 30.3 Å². The van der Waals surface area contributed by atoms with Gasteiger partial charge >= 0.3 is 6.09 Å². The molecule has 24 heavy (non-hydrogen) atoms. The molecular formula is C19H23NO4. The summed E-state index contributed by atoms with van der Waals surface area (Å²) in [5.74, 6) is 1.36. The van der Waals surface area contributed by atoms with Crippen molar-refractivity contribution in [2.24, 2.45) is 0 Å². The van der Waals surface area contributed by atoms with E-state index in [1.165, 1.54) is 0 Å². The standard InChI is InChI=1S/C19H23NO4/c1-19(2,3)24-18(21)20-16-11-7-8-12-17(16)23-14-13-22-15-9-5-4-6-10-15/h4-12H,13-14H2,1-3H3,(H,20,21). The lowest BCUT2D eigenvalue weighted by Gasteiger charge is -2.20. The van der Waals surface area contributed by atoms with E-state index in [2.05, 4.69) is 5.32 Å². The first kappa shape index (κ1) is 17.7. The third-order valence-electron chi connectivity index (χ3n) is 2.88. The van der Waals surface area contributed by atoms with Crippen LogP contribution in [0.25, 0.3) is 0 Å². The van der Waals surface area contributed by atoms with Crippen LogP contribution in [0, 0.1) is 0 Å². The van der Waals surface area contributed by atoms with Crippen molar-refractivity contribution in [2.45, 2.75) is 26.4 Å². The molecule has 1 amide bonds. The van der Waals surface area contributed by atoms with E-state index in [0.29, 0.717) is 24.7 Å². The molecule has 2 aromatic rings. The average molecular weight is 329 g/mol. The Balaban J connectivity index is 1.85. The molecule has 2 aromatic carbocycles. The summed E-state index contributed by atoms with van der Waals surface area (Å²) >= 11 is 0. The summed E-state index contributed by atoms with van der Waals surface area (Å²) in [5.41, 5.74) is 0.00936. The van der Waals surface area contributed by atoms with Crippen LogP contribution in [-0.4, -0.2) is 24.9 Å². The molecule has 128 valence electrons. The molecule has 0 saturated carbocycles. The topological polar surface area (TPSA) is 56.8 Å². The third-order valence-corrected chi connectivity index (χ3v) is 2.88. The normalized spacial score (nSPS) is 10.8. The van der Waals surface area contributed by atoms with Crippen molar-refractivity contribution in [1.82, 2.24) is 0 Å². The van der Waals surface area contributed by atoms with Crippen LogP contribution in [0.4, 0.5) is 10.5 Å². The summed E-state index contributed by atoms with van der Waals surface area (Å²) < 4.78 is 16.5. The third kappa shape index (κ3) is 6.20. The summed E-state index contributed by atoms with van der Waals surface area (Å²) in [7, 11) is 0. The molecule has 0 radical (unpaired) electrons. The highest BCUT2D eigenvalue weighted by molar-refractivity contribution is 5.86. The number of amides is 1. The molecule has 0 aliphatic heterocycles. The number of nitrogens with one attached hydrogen (secondary N) is 1. The Kier molecular flexibility index (Phi) is 6.07. The molecule has 5 heteroatoms. The molecule has 0 aliphatic carbocycles. The molecule has 0 spiro atoms. The first-order chi connectivity index (χ1) is 11.4. The fourth-order valence-electron chi connectivity index (χ4n) is 1.94. The summed E-state index contributed by atoms with van der Waals surface area (Å²) in [5, 5.41) is 2.70. The summed E-state index contributed by atoms with van der Waals surface area (Å²) in [6.07, 6.45) is -0.515. The Morgan fingerprint density at radius 2 is 1.54 bits per heavy atom. The van der Waals surface area contributed by atoms with Crippen molar-refractivity contribution in [3.63, 3.8) is 0 Å². The molecule has 0 heterocycles. The monoisotopic (exact) mass is 329 g/mol. The average Bonchev–Trinajstić information content (AvgIpc) is 2.52. The predicted molar refractivity (Wildman–Crippen MR) is 93.7 cm³/mol. The Bertz CT molecular complexity index is 650. The number of para-hydroxylation sites is 3. The van der Waals surface area contributed by atoms with E-state index in [9.17, 15) is 4.79 Å². The van der Waals surface area contributed by atoms with Crippen molar-refractivity contribution in [3.05, 3.63) is 54.6 Å². The van der Waals surface area contributed by atoms with Gasteiger partial charge in [-0.3, -0.25) is 5.32 Å². The Hall–Kier alpha value is -2.69. The van der Waals surface area contributed by atoms with Crippen molar-refractivity contribution < 1.29 is 19.0 Å². The molecule has 0 fully saturated rings. The van der Waals surface area contributed by atoms with Gasteiger partial charge < -0.3 is 14.2 Å². The number of hydrogen-bond acceptors (Lipinski definition) is 4. The van der Waals surface area contributed by atoms with Gasteiger partial charge in [0.05, 0.1) is 5.69 Å². The summed E-state index contributed by atoms with van der Waals surface area (Å²) in [4.78, 5) is 11.9. The minimum absolute atomic E-state index is 0.363. The number of benzene rings is 2. The van der Waals surface area contributed by atoms with Gasteiger partial charge in [-0.25, -0.2) is 4.79 Å². The number of carbonyl (C=O) groups is 1. The lowest BCUT2D eigenvalue weighted by molar-refractivity contribution is 0.0635. The number of rotatable bonds is 6. The van der Waals surface area contributed by atoms with E-state index in [1.807, 2.05) is 63.2 Å². The Labute approximate surface area is 142 Å². The SMILES string of the molecule is CC(C)(C)OC(=O)Nc1ccccc1OCCOc1ccccc1. The van der Waals surface area contributed by atoms with Crippen LogP contribution in [0.3, 0.4) is 0 Å². The maximum absolute atomic E-state index is 11.9. The Morgan fingerprint density at radius 3 is 2.25 bits per heavy atom. The highest BCUT2D eigenvalue weighted by atomic mass is 16.6. The lowest BCUT2D eigenvalue weighted by Crippen LogP contribution is -2.27. The van der Waals surface area contributed by atoms with Crippen molar-refractivity contribution in [1.29, 1.82) is 0 Å². The van der Waals surface area contributed by atoms with Gasteiger partial charge in [0, 0.05) is 0 Å². The minimum Gasteiger partial charge on any atom is -0.490 e. The fourth-order valence-corrected chi connectivity index (χ4v) is 1.94. The van der Waals surface area contributed by atoms with Crippen LogP contribution < -0.4 is 14.8 Å². The van der Waals surface area contributed by atoms with Crippen molar-refractivity contribution in [3.8, 4) is 11.5 Å².